The molecule has 0 aromatic carbocycles. The number of carboxylic acids is 1. The Balaban J connectivity index is 2.34. The summed E-state index contributed by atoms with van der Waals surface area (Å²) in [5, 5.41) is 16.4. The zero-order valence-electron chi connectivity index (χ0n) is 9.66. The number of aliphatic carboxylic acids is 1. The summed E-state index contributed by atoms with van der Waals surface area (Å²) < 4.78 is 0. The average Bonchev–Trinajstić information content (AvgIpc) is 2.28. The monoisotopic (exact) mass is 243 g/mol. The molecule has 0 aliphatic carbocycles. The summed E-state index contributed by atoms with van der Waals surface area (Å²) in [6.07, 6.45) is 1.27. The van der Waals surface area contributed by atoms with Gasteiger partial charge < -0.3 is 21.1 Å². The molecule has 1 heterocycles. The maximum Gasteiger partial charge on any atom is 0.326 e. The number of amides is 3. The van der Waals surface area contributed by atoms with Crippen LogP contribution in [-0.4, -0.2) is 41.6 Å². The van der Waals surface area contributed by atoms with Gasteiger partial charge in [0.1, 0.15) is 6.04 Å². The molecule has 0 aromatic rings. The molecular weight excluding hydrogens is 226 g/mol. The van der Waals surface area contributed by atoms with E-state index in [2.05, 4.69) is 16.0 Å². The number of hydrogen-bond donors (Lipinski definition) is 4. The Kier molecular flexibility index (Phi) is 4.74. The van der Waals surface area contributed by atoms with Crippen LogP contribution in [0.5, 0.6) is 0 Å². The fourth-order valence-corrected chi connectivity index (χ4v) is 1.58. The van der Waals surface area contributed by atoms with E-state index in [0.29, 0.717) is 25.8 Å². The number of urea groups is 1. The number of carbonyl (C=O) groups excluding carboxylic acids is 2. The Morgan fingerprint density at radius 1 is 1.59 bits per heavy atom. The third-order valence-corrected chi connectivity index (χ3v) is 2.61. The minimum Gasteiger partial charge on any atom is -0.480 e. The van der Waals surface area contributed by atoms with Crippen LogP contribution in [0.2, 0.25) is 0 Å². The normalized spacial score (nSPS) is 21.2. The van der Waals surface area contributed by atoms with Crippen molar-refractivity contribution in [1.29, 1.82) is 0 Å². The van der Waals surface area contributed by atoms with Gasteiger partial charge in [-0.1, -0.05) is 6.92 Å². The van der Waals surface area contributed by atoms with Gasteiger partial charge in [0.15, 0.2) is 0 Å². The predicted molar refractivity (Wildman–Crippen MR) is 59.4 cm³/mol. The summed E-state index contributed by atoms with van der Waals surface area (Å²) >= 11 is 0. The zero-order chi connectivity index (χ0) is 12.8. The van der Waals surface area contributed by atoms with Crippen molar-refractivity contribution in [3.05, 3.63) is 0 Å². The van der Waals surface area contributed by atoms with E-state index in [1.807, 2.05) is 0 Å². The van der Waals surface area contributed by atoms with Crippen molar-refractivity contribution in [2.24, 2.45) is 0 Å². The summed E-state index contributed by atoms with van der Waals surface area (Å²) in [6, 6.07) is -1.53. The van der Waals surface area contributed by atoms with Gasteiger partial charge in [0.05, 0.1) is 0 Å². The molecule has 1 aliphatic rings. The molecule has 1 fully saturated rings. The molecule has 0 bridgehead atoms. The lowest BCUT2D eigenvalue weighted by Crippen LogP contribution is -2.53. The molecule has 96 valence electrons. The first kappa shape index (κ1) is 13.3. The molecule has 17 heavy (non-hydrogen) atoms. The van der Waals surface area contributed by atoms with Crippen LogP contribution in [0.4, 0.5) is 4.79 Å². The van der Waals surface area contributed by atoms with Crippen molar-refractivity contribution in [2.45, 2.75) is 38.3 Å². The number of hydrogen-bond acceptors (Lipinski definition) is 3. The molecule has 0 radical (unpaired) electrons. The molecule has 1 unspecified atom stereocenters. The van der Waals surface area contributed by atoms with Crippen LogP contribution in [0.3, 0.4) is 0 Å². The topological polar surface area (TPSA) is 108 Å². The maximum atomic E-state index is 11.5. The quantitative estimate of drug-likeness (QED) is 0.530. The highest BCUT2D eigenvalue weighted by molar-refractivity contribution is 5.83. The average molecular weight is 243 g/mol. The molecule has 1 saturated heterocycles. The molecule has 0 saturated carbocycles. The molecule has 7 nitrogen and oxygen atoms in total. The highest BCUT2D eigenvalue weighted by atomic mass is 16.4. The Morgan fingerprint density at radius 2 is 2.29 bits per heavy atom. The van der Waals surface area contributed by atoms with Gasteiger partial charge in [0, 0.05) is 19.0 Å². The second-order valence-electron chi connectivity index (χ2n) is 3.96. The SMILES string of the molecule is CC[C@H](NC(=O)NC1CCC(=O)NC1)C(=O)O. The molecular formula is C10H17N3O4. The number of carboxylic acid groups (broad SMARTS) is 1. The second kappa shape index (κ2) is 6.07. The minimum absolute atomic E-state index is 0.0274. The second-order valence-corrected chi connectivity index (χ2v) is 3.96. The van der Waals surface area contributed by atoms with Crippen LogP contribution in [0.15, 0.2) is 0 Å². The fourth-order valence-electron chi connectivity index (χ4n) is 1.58. The van der Waals surface area contributed by atoms with Gasteiger partial charge in [-0.15, -0.1) is 0 Å². The Labute approximate surface area is 98.9 Å². The summed E-state index contributed by atoms with van der Waals surface area (Å²) in [7, 11) is 0. The number of rotatable bonds is 4. The molecule has 4 N–H and O–H groups in total. The van der Waals surface area contributed by atoms with Gasteiger partial charge in [-0.05, 0) is 12.8 Å². The van der Waals surface area contributed by atoms with Crippen LogP contribution < -0.4 is 16.0 Å². The standard InChI is InChI=1S/C10H17N3O4/c1-2-7(9(15)16)13-10(17)12-6-3-4-8(14)11-5-6/h6-7H,2-5H2,1H3,(H,11,14)(H,15,16)(H2,12,13,17)/t6?,7-/m0/s1. The van der Waals surface area contributed by atoms with Crippen molar-refractivity contribution in [3.8, 4) is 0 Å². The van der Waals surface area contributed by atoms with E-state index in [1.54, 1.807) is 6.92 Å². The van der Waals surface area contributed by atoms with Gasteiger partial charge in [-0.2, -0.15) is 0 Å². The van der Waals surface area contributed by atoms with Crippen LogP contribution in [-0.2, 0) is 9.59 Å². The van der Waals surface area contributed by atoms with E-state index in [4.69, 9.17) is 5.11 Å². The van der Waals surface area contributed by atoms with Crippen molar-refractivity contribution in [1.82, 2.24) is 16.0 Å². The summed E-state index contributed by atoms with van der Waals surface area (Å²) in [5.74, 6) is -1.08. The van der Waals surface area contributed by atoms with E-state index in [-0.39, 0.29) is 11.9 Å². The number of piperidine rings is 1. The highest BCUT2D eigenvalue weighted by Gasteiger charge is 2.22. The van der Waals surface area contributed by atoms with Crippen molar-refractivity contribution in [3.63, 3.8) is 0 Å². The van der Waals surface area contributed by atoms with Crippen LogP contribution >= 0.6 is 0 Å². The Morgan fingerprint density at radius 3 is 2.76 bits per heavy atom. The van der Waals surface area contributed by atoms with Crippen molar-refractivity contribution >= 4 is 17.9 Å². The third-order valence-electron chi connectivity index (χ3n) is 2.61. The molecule has 3 amide bonds. The number of nitrogens with one attached hydrogen (secondary N) is 3. The molecule has 1 rings (SSSR count). The first-order valence-corrected chi connectivity index (χ1v) is 5.59. The zero-order valence-corrected chi connectivity index (χ0v) is 9.66. The van der Waals surface area contributed by atoms with E-state index in [9.17, 15) is 14.4 Å². The highest BCUT2D eigenvalue weighted by Crippen LogP contribution is 2.02. The largest absolute Gasteiger partial charge is 0.480 e. The van der Waals surface area contributed by atoms with Gasteiger partial charge in [-0.25, -0.2) is 9.59 Å². The minimum atomic E-state index is -1.06. The van der Waals surface area contributed by atoms with Gasteiger partial charge in [0.2, 0.25) is 5.91 Å². The Hall–Kier alpha value is -1.79. The smallest absolute Gasteiger partial charge is 0.326 e. The lowest BCUT2D eigenvalue weighted by atomic mass is 10.1. The van der Waals surface area contributed by atoms with E-state index in [0.717, 1.165) is 0 Å². The fraction of sp³-hybridized carbons (Fsp3) is 0.700. The van der Waals surface area contributed by atoms with Gasteiger partial charge in [-0.3, -0.25) is 4.79 Å². The van der Waals surface area contributed by atoms with E-state index >= 15 is 0 Å². The van der Waals surface area contributed by atoms with Crippen molar-refractivity contribution in [2.75, 3.05) is 6.54 Å². The van der Waals surface area contributed by atoms with Crippen molar-refractivity contribution < 1.29 is 19.5 Å². The summed E-state index contributed by atoms with van der Waals surface area (Å²) in [5.41, 5.74) is 0. The van der Waals surface area contributed by atoms with Gasteiger partial charge in [0.25, 0.3) is 0 Å². The van der Waals surface area contributed by atoms with E-state index in [1.165, 1.54) is 0 Å². The Bertz CT molecular complexity index is 309. The lowest BCUT2D eigenvalue weighted by molar-refractivity contribution is -0.139. The molecule has 7 heteroatoms. The molecule has 2 atom stereocenters. The molecule has 1 aliphatic heterocycles. The first-order chi connectivity index (χ1) is 8.02. The lowest BCUT2D eigenvalue weighted by Gasteiger charge is -2.24. The first-order valence-electron chi connectivity index (χ1n) is 5.59. The number of carbonyl (C=O) groups is 3. The molecule has 0 spiro atoms. The predicted octanol–water partition coefficient (Wildman–Crippen LogP) is -0.573. The van der Waals surface area contributed by atoms with E-state index < -0.39 is 18.0 Å². The van der Waals surface area contributed by atoms with Gasteiger partial charge >= 0.3 is 12.0 Å². The van der Waals surface area contributed by atoms with Crippen LogP contribution in [0, 0.1) is 0 Å². The maximum absolute atomic E-state index is 11.5. The molecule has 0 aromatic heterocycles. The third kappa shape index (κ3) is 4.29. The van der Waals surface area contributed by atoms with Crippen LogP contribution in [0.25, 0.3) is 0 Å². The summed E-state index contributed by atoms with van der Waals surface area (Å²) in [6.45, 7) is 2.07. The summed E-state index contributed by atoms with van der Waals surface area (Å²) in [4.78, 5) is 33.1. The van der Waals surface area contributed by atoms with Crippen LogP contribution in [0.1, 0.15) is 26.2 Å².